The molecular formula is C15H31N3O3. The maximum atomic E-state index is 11.6. The fourth-order valence-corrected chi connectivity index (χ4v) is 2.71. The van der Waals surface area contributed by atoms with Crippen LogP contribution < -0.4 is 16.4 Å². The molecule has 0 saturated heterocycles. The van der Waals surface area contributed by atoms with E-state index in [4.69, 9.17) is 10.5 Å². The molecule has 0 aliphatic heterocycles. The standard InChI is InChI=1S/C15H31N3O3/c1-15(2,3)21-14(20)17-8-7-12(9-16)18-13-6-4-5-11(13)10-19/h11-13,18-19H,4-10,16H2,1-3H3,(H,17,20). The van der Waals surface area contributed by atoms with Gasteiger partial charge in [-0.2, -0.15) is 0 Å². The number of aliphatic hydroxyl groups is 1. The van der Waals surface area contributed by atoms with Gasteiger partial charge in [-0.15, -0.1) is 0 Å². The fraction of sp³-hybridized carbons (Fsp3) is 0.933. The lowest BCUT2D eigenvalue weighted by atomic mass is 10.0. The minimum Gasteiger partial charge on any atom is -0.444 e. The summed E-state index contributed by atoms with van der Waals surface area (Å²) in [5.74, 6) is 0.331. The summed E-state index contributed by atoms with van der Waals surface area (Å²) in [6.45, 7) is 6.79. The molecule has 0 spiro atoms. The lowest BCUT2D eigenvalue weighted by molar-refractivity contribution is 0.0525. The highest BCUT2D eigenvalue weighted by atomic mass is 16.6. The van der Waals surface area contributed by atoms with Crippen LogP contribution in [0.5, 0.6) is 0 Å². The van der Waals surface area contributed by atoms with Gasteiger partial charge in [0.25, 0.3) is 0 Å². The van der Waals surface area contributed by atoms with Crippen LogP contribution in [0.15, 0.2) is 0 Å². The average Bonchev–Trinajstić information content (AvgIpc) is 2.82. The molecule has 0 aromatic carbocycles. The fourth-order valence-electron chi connectivity index (χ4n) is 2.71. The van der Waals surface area contributed by atoms with Gasteiger partial charge in [0.2, 0.25) is 0 Å². The van der Waals surface area contributed by atoms with Crippen LogP contribution in [-0.2, 0) is 4.74 Å². The Labute approximate surface area is 127 Å². The van der Waals surface area contributed by atoms with Crippen molar-refractivity contribution in [3.05, 3.63) is 0 Å². The molecule has 6 nitrogen and oxygen atoms in total. The molecule has 1 rings (SSSR count). The molecule has 0 radical (unpaired) electrons. The number of alkyl carbamates (subject to hydrolysis) is 1. The number of rotatable bonds is 7. The molecule has 1 fully saturated rings. The number of aliphatic hydroxyl groups excluding tert-OH is 1. The molecule has 0 heterocycles. The van der Waals surface area contributed by atoms with Crippen LogP contribution in [0.1, 0.15) is 46.5 Å². The van der Waals surface area contributed by atoms with Crippen molar-refractivity contribution in [3.8, 4) is 0 Å². The first-order chi connectivity index (χ1) is 9.85. The van der Waals surface area contributed by atoms with Crippen LogP contribution in [0.3, 0.4) is 0 Å². The van der Waals surface area contributed by atoms with E-state index in [2.05, 4.69) is 10.6 Å². The van der Waals surface area contributed by atoms with Crippen LogP contribution in [0.25, 0.3) is 0 Å². The highest BCUT2D eigenvalue weighted by Gasteiger charge is 2.28. The van der Waals surface area contributed by atoms with Gasteiger partial charge >= 0.3 is 6.09 Å². The number of amides is 1. The van der Waals surface area contributed by atoms with Crippen molar-refractivity contribution in [1.29, 1.82) is 0 Å². The van der Waals surface area contributed by atoms with Crippen LogP contribution in [0, 0.1) is 5.92 Å². The monoisotopic (exact) mass is 301 g/mol. The third kappa shape index (κ3) is 7.11. The Morgan fingerprint density at radius 3 is 2.71 bits per heavy atom. The van der Waals surface area contributed by atoms with Gasteiger partial charge in [0, 0.05) is 31.8 Å². The minimum atomic E-state index is -0.478. The van der Waals surface area contributed by atoms with Crippen molar-refractivity contribution >= 4 is 6.09 Å². The molecule has 6 heteroatoms. The summed E-state index contributed by atoms with van der Waals surface area (Å²) in [6, 6.07) is 0.488. The quantitative estimate of drug-likeness (QED) is 0.562. The predicted molar refractivity (Wildman–Crippen MR) is 83.0 cm³/mol. The van der Waals surface area contributed by atoms with Crippen molar-refractivity contribution in [2.24, 2.45) is 11.7 Å². The van der Waals surface area contributed by atoms with Crippen LogP contribution in [0.2, 0.25) is 0 Å². The number of nitrogens with one attached hydrogen (secondary N) is 2. The number of hydrogen-bond acceptors (Lipinski definition) is 5. The number of nitrogens with two attached hydrogens (primary N) is 1. The lowest BCUT2D eigenvalue weighted by Gasteiger charge is -2.26. The van der Waals surface area contributed by atoms with E-state index in [9.17, 15) is 9.90 Å². The Kier molecular flexibility index (Phi) is 7.42. The van der Waals surface area contributed by atoms with Crippen LogP contribution in [0.4, 0.5) is 4.79 Å². The summed E-state index contributed by atoms with van der Waals surface area (Å²) in [5.41, 5.74) is 5.31. The molecule has 1 aliphatic rings. The van der Waals surface area contributed by atoms with Gasteiger partial charge < -0.3 is 26.2 Å². The van der Waals surface area contributed by atoms with Gasteiger partial charge in [-0.3, -0.25) is 0 Å². The minimum absolute atomic E-state index is 0.150. The average molecular weight is 301 g/mol. The molecule has 1 amide bonds. The van der Waals surface area contributed by atoms with Gasteiger partial charge in [-0.25, -0.2) is 4.79 Å². The molecule has 1 saturated carbocycles. The zero-order chi connectivity index (χ0) is 15.9. The first-order valence-corrected chi connectivity index (χ1v) is 7.89. The predicted octanol–water partition coefficient (Wildman–Crippen LogP) is 0.979. The Morgan fingerprint density at radius 1 is 1.43 bits per heavy atom. The molecule has 0 aromatic rings. The van der Waals surface area contributed by atoms with E-state index < -0.39 is 11.7 Å². The van der Waals surface area contributed by atoms with Gasteiger partial charge in [-0.05, 0) is 46.0 Å². The van der Waals surface area contributed by atoms with Crippen LogP contribution >= 0.6 is 0 Å². The highest BCUT2D eigenvalue weighted by Crippen LogP contribution is 2.25. The topological polar surface area (TPSA) is 96.6 Å². The molecule has 5 N–H and O–H groups in total. The number of carbonyl (C=O) groups excluding carboxylic acids is 1. The third-order valence-corrected chi connectivity index (χ3v) is 3.79. The molecule has 1 aliphatic carbocycles. The SMILES string of the molecule is CC(C)(C)OC(=O)NCCC(CN)NC1CCCC1CO. The third-order valence-electron chi connectivity index (χ3n) is 3.79. The number of ether oxygens (including phenoxy) is 1. The first kappa shape index (κ1) is 18.2. The molecule has 0 bridgehead atoms. The summed E-state index contributed by atoms with van der Waals surface area (Å²) in [4.78, 5) is 11.6. The highest BCUT2D eigenvalue weighted by molar-refractivity contribution is 5.67. The second-order valence-electron chi connectivity index (χ2n) is 6.80. The Morgan fingerprint density at radius 2 is 2.14 bits per heavy atom. The number of carbonyl (C=O) groups is 1. The molecule has 3 atom stereocenters. The largest absolute Gasteiger partial charge is 0.444 e. The van der Waals surface area contributed by atoms with E-state index in [1.54, 1.807) is 0 Å². The smallest absolute Gasteiger partial charge is 0.407 e. The zero-order valence-corrected chi connectivity index (χ0v) is 13.5. The molecular weight excluding hydrogens is 270 g/mol. The van der Waals surface area contributed by atoms with Crippen molar-refractivity contribution in [1.82, 2.24) is 10.6 Å². The van der Waals surface area contributed by atoms with E-state index in [1.807, 2.05) is 20.8 Å². The van der Waals surface area contributed by atoms with Crippen molar-refractivity contribution in [2.75, 3.05) is 19.7 Å². The van der Waals surface area contributed by atoms with Gasteiger partial charge in [0.1, 0.15) is 5.60 Å². The summed E-state index contributed by atoms with van der Waals surface area (Å²) in [6.07, 6.45) is 3.66. The number of hydrogen-bond donors (Lipinski definition) is 4. The summed E-state index contributed by atoms with van der Waals surface area (Å²) >= 11 is 0. The second-order valence-corrected chi connectivity index (χ2v) is 6.80. The normalized spacial score (nSPS) is 23.9. The van der Waals surface area contributed by atoms with E-state index in [0.717, 1.165) is 25.7 Å². The van der Waals surface area contributed by atoms with E-state index in [1.165, 1.54) is 0 Å². The van der Waals surface area contributed by atoms with E-state index in [0.29, 0.717) is 25.0 Å². The Hall–Kier alpha value is -0.850. The van der Waals surface area contributed by atoms with E-state index >= 15 is 0 Å². The summed E-state index contributed by atoms with van der Waals surface area (Å²) in [5, 5.41) is 15.6. The summed E-state index contributed by atoms with van der Waals surface area (Å²) < 4.78 is 5.19. The van der Waals surface area contributed by atoms with Gasteiger partial charge in [-0.1, -0.05) is 6.42 Å². The zero-order valence-electron chi connectivity index (χ0n) is 13.5. The first-order valence-electron chi connectivity index (χ1n) is 7.89. The van der Waals surface area contributed by atoms with Gasteiger partial charge in [0.15, 0.2) is 0 Å². The second kappa shape index (κ2) is 8.56. The molecule has 3 unspecified atom stereocenters. The lowest BCUT2D eigenvalue weighted by Crippen LogP contribution is -2.46. The summed E-state index contributed by atoms with van der Waals surface area (Å²) in [7, 11) is 0. The maximum Gasteiger partial charge on any atom is 0.407 e. The van der Waals surface area contributed by atoms with E-state index in [-0.39, 0.29) is 12.6 Å². The Balaban J connectivity index is 2.26. The van der Waals surface area contributed by atoms with Crippen molar-refractivity contribution < 1.29 is 14.6 Å². The van der Waals surface area contributed by atoms with Crippen LogP contribution in [-0.4, -0.2) is 48.6 Å². The van der Waals surface area contributed by atoms with Crippen molar-refractivity contribution in [2.45, 2.75) is 64.1 Å². The molecule has 0 aromatic heterocycles. The Bertz CT molecular complexity index is 318. The van der Waals surface area contributed by atoms with Gasteiger partial charge in [0.05, 0.1) is 0 Å². The molecule has 21 heavy (non-hydrogen) atoms. The van der Waals surface area contributed by atoms with Crippen molar-refractivity contribution in [3.63, 3.8) is 0 Å². The maximum absolute atomic E-state index is 11.6. The molecule has 124 valence electrons.